The fourth-order valence-corrected chi connectivity index (χ4v) is 2.31. The van der Waals surface area contributed by atoms with Crippen molar-refractivity contribution in [2.24, 2.45) is 10.7 Å². The smallest absolute Gasteiger partial charge is 0.192 e. The molecule has 1 aliphatic heterocycles. The summed E-state index contributed by atoms with van der Waals surface area (Å²) in [6.45, 7) is 8.09. The summed E-state index contributed by atoms with van der Waals surface area (Å²) in [6.07, 6.45) is 2.27. The fraction of sp³-hybridized carbons (Fsp3) is 0.533. The lowest BCUT2D eigenvalue weighted by Gasteiger charge is -2.24. The van der Waals surface area contributed by atoms with Crippen molar-refractivity contribution >= 4 is 5.96 Å². The monoisotopic (exact) mass is 245 g/mol. The Balaban J connectivity index is 2.20. The summed E-state index contributed by atoms with van der Waals surface area (Å²) in [5.41, 5.74) is 8.85. The van der Waals surface area contributed by atoms with Crippen molar-refractivity contribution in [3.05, 3.63) is 35.4 Å². The number of rotatable bonds is 0. The quantitative estimate of drug-likeness (QED) is 0.564. The summed E-state index contributed by atoms with van der Waals surface area (Å²) >= 11 is 0. The average molecular weight is 245 g/mol. The van der Waals surface area contributed by atoms with Gasteiger partial charge in [0.05, 0.1) is 5.54 Å². The van der Waals surface area contributed by atoms with Gasteiger partial charge < -0.3 is 10.6 Å². The second-order valence-corrected chi connectivity index (χ2v) is 5.93. The van der Waals surface area contributed by atoms with Gasteiger partial charge in [-0.1, -0.05) is 24.3 Å². The van der Waals surface area contributed by atoms with Crippen LogP contribution in [-0.4, -0.2) is 22.9 Å². The van der Waals surface area contributed by atoms with Crippen molar-refractivity contribution in [1.29, 1.82) is 0 Å². The van der Waals surface area contributed by atoms with Crippen LogP contribution in [0, 0.1) is 0 Å². The Morgan fingerprint density at radius 2 is 1.89 bits per heavy atom. The second-order valence-electron chi connectivity index (χ2n) is 5.93. The first-order chi connectivity index (χ1) is 8.46. The largest absolute Gasteiger partial charge is 0.370 e. The molecule has 0 fully saturated rings. The number of hydrogen-bond acceptors (Lipinski definition) is 1. The third kappa shape index (κ3) is 3.25. The van der Waals surface area contributed by atoms with Crippen LogP contribution in [0.1, 0.15) is 38.3 Å². The molecule has 0 saturated carbocycles. The van der Waals surface area contributed by atoms with Crippen LogP contribution in [-0.2, 0) is 13.0 Å². The van der Waals surface area contributed by atoms with Crippen molar-refractivity contribution < 1.29 is 0 Å². The molecule has 1 aromatic rings. The molecule has 98 valence electrons. The molecule has 1 aliphatic rings. The Labute approximate surface area is 110 Å². The fourth-order valence-electron chi connectivity index (χ4n) is 2.31. The summed E-state index contributed by atoms with van der Waals surface area (Å²) in [5, 5.41) is 0. The highest BCUT2D eigenvalue weighted by molar-refractivity contribution is 5.78. The van der Waals surface area contributed by atoms with E-state index in [1.807, 2.05) is 0 Å². The topological polar surface area (TPSA) is 41.6 Å². The van der Waals surface area contributed by atoms with Crippen LogP contribution >= 0.6 is 0 Å². The molecule has 3 nitrogen and oxygen atoms in total. The average Bonchev–Trinajstić information content (AvgIpc) is 2.48. The number of nitrogens with zero attached hydrogens (tertiary/aromatic N) is 2. The van der Waals surface area contributed by atoms with E-state index in [0.717, 1.165) is 25.9 Å². The number of aliphatic imine (C=N–C) groups is 1. The van der Waals surface area contributed by atoms with E-state index in [-0.39, 0.29) is 5.54 Å². The first-order valence-electron chi connectivity index (χ1n) is 6.63. The number of guanidine groups is 1. The van der Waals surface area contributed by atoms with Crippen molar-refractivity contribution in [3.63, 3.8) is 0 Å². The molecular weight excluding hydrogens is 222 g/mol. The summed E-state index contributed by atoms with van der Waals surface area (Å²) < 4.78 is 0. The highest BCUT2D eigenvalue weighted by atomic mass is 15.3. The zero-order valence-corrected chi connectivity index (χ0v) is 11.6. The molecule has 0 saturated heterocycles. The molecule has 0 atom stereocenters. The van der Waals surface area contributed by atoms with E-state index in [1.54, 1.807) is 0 Å². The van der Waals surface area contributed by atoms with E-state index in [9.17, 15) is 0 Å². The minimum absolute atomic E-state index is 0.115. The highest BCUT2D eigenvalue weighted by Crippen LogP contribution is 2.18. The van der Waals surface area contributed by atoms with Crippen LogP contribution in [0.25, 0.3) is 0 Å². The Morgan fingerprint density at radius 1 is 1.22 bits per heavy atom. The lowest BCUT2D eigenvalue weighted by atomic mass is 10.0. The van der Waals surface area contributed by atoms with Gasteiger partial charge in [-0.2, -0.15) is 0 Å². The molecular formula is C15H23N3. The van der Waals surface area contributed by atoms with E-state index >= 15 is 0 Å². The molecule has 18 heavy (non-hydrogen) atoms. The van der Waals surface area contributed by atoms with Crippen LogP contribution in [0.4, 0.5) is 0 Å². The SMILES string of the molecule is CC(C)(C)N=C(N)N1CCCc2ccccc2C1. The Kier molecular flexibility index (Phi) is 3.60. The Hall–Kier alpha value is -1.51. The van der Waals surface area contributed by atoms with Crippen molar-refractivity contribution in [1.82, 2.24) is 4.90 Å². The molecule has 3 heteroatoms. The first-order valence-corrected chi connectivity index (χ1v) is 6.63. The van der Waals surface area contributed by atoms with Crippen LogP contribution in [0.3, 0.4) is 0 Å². The van der Waals surface area contributed by atoms with Gasteiger partial charge >= 0.3 is 0 Å². The van der Waals surface area contributed by atoms with Crippen LogP contribution in [0.5, 0.6) is 0 Å². The zero-order chi connectivity index (χ0) is 13.2. The third-order valence-corrected chi connectivity index (χ3v) is 3.13. The van der Waals surface area contributed by atoms with E-state index in [2.05, 4.69) is 54.9 Å². The van der Waals surface area contributed by atoms with Gasteiger partial charge in [-0.25, -0.2) is 4.99 Å². The van der Waals surface area contributed by atoms with Gasteiger partial charge in [-0.3, -0.25) is 0 Å². The molecule has 0 bridgehead atoms. The molecule has 0 aliphatic carbocycles. The first kappa shape index (κ1) is 12.9. The van der Waals surface area contributed by atoms with E-state index in [0.29, 0.717) is 5.96 Å². The molecule has 0 radical (unpaired) electrons. The van der Waals surface area contributed by atoms with Crippen molar-refractivity contribution in [2.75, 3.05) is 6.54 Å². The van der Waals surface area contributed by atoms with Gasteiger partial charge in [0, 0.05) is 13.1 Å². The second kappa shape index (κ2) is 5.01. The number of hydrogen-bond donors (Lipinski definition) is 1. The molecule has 2 N–H and O–H groups in total. The Morgan fingerprint density at radius 3 is 2.56 bits per heavy atom. The molecule has 0 unspecified atom stereocenters. The summed E-state index contributed by atoms with van der Waals surface area (Å²) in [6, 6.07) is 8.62. The summed E-state index contributed by atoms with van der Waals surface area (Å²) in [7, 11) is 0. The van der Waals surface area contributed by atoms with E-state index in [4.69, 9.17) is 5.73 Å². The highest BCUT2D eigenvalue weighted by Gasteiger charge is 2.17. The minimum Gasteiger partial charge on any atom is -0.370 e. The third-order valence-electron chi connectivity index (χ3n) is 3.13. The van der Waals surface area contributed by atoms with Crippen LogP contribution < -0.4 is 5.73 Å². The van der Waals surface area contributed by atoms with Gasteiger partial charge in [0.25, 0.3) is 0 Å². The predicted molar refractivity (Wildman–Crippen MR) is 76.5 cm³/mol. The number of benzene rings is 1. The van der Waals surface area contributed by atoms with Gasteiger partial charge in [0.2, 0.25) is 0 Å². The van der Waals surface area contributed by atoms with E-state index in [1.165, 1.54) is 11.1 Å². The molecule has 2 rings (SSSR count). The van der Waals surface area contributed by atoms with Crippen molar-refractivity contribution in [2.45, 2.75) is 45.7 Å². The van der Waals surface area contributed by atoms with Crippen LogP contribution in [0.15, 0.2) is 29.3 Å². The lowest BCUT2D eigenvalue weighted by molar-refractivity contribution is 0.403. The van der Waals surface area contributed by atoms with Crippen LogP contribution in [0.2, 0.25) is 0 Å². The molecule has 0 aromatic heterocycles. The maximum atomic E-state index is 6.14. The van der Waals surface area contributed by atoms with Gasteiger partial charge in [0.1, 0.15) is 0 Å². The van der Waals surface area contributed by atoms with Gasteiger partial charge in [0.15, 0.2) is 5.96 Å². The maximum Gasteiger partial charge on any atom is 0.192 e. The van der Waals surface area contributed by atoms with E-state index < -0.39 is 0 Å². The summed E-state index contributed by atoms with van der Waals surface area (Å²) in [5.74, 6) is 0.666. The predicted octanol–water partition coefficient (Wildman–Crippen LogP) is 2.55. The summed E-state index contributed by atoms with van der Waals surface area (Å²) in [4.78, 5) is 6.76. The normalized spacial score (nSPS) is 17.3. The minimum atomic E-state index is -0.115. The molecule has 1 heterocycles. The zero-order valence-electron chi connectivity index (χ0n) is 11.6. The maximum absolute atomic E-state index is 6.14. The van der Waals surface area contributed by atoms with Gasteiger partial charge in [-0.05, 0) is 44.7 Å². The lowest BCUT2D eigenvalue weighted by Crippen LogP contribution is -2.38. The van der Waals surface area contributed by atoms with Crippen molar-refractivity contribution in [3.8, 4) is 0 Å². The number of nitrogens with two attached hydrogens (primary N) is 1. The standard InChI is InChI=1S/C15H23N3/c1-15(2,3)17-14(16)18-10-6-9-12-7-4-5-8-13(12)11-18/h4-5,7-8H,6,9-11H2,1-3H3,(H2,16,17). The Bertz CT molecular complexity index is 443. The molecule has 0 amide bonds. The number of fused-ring (bicyclic) bond motifs is 1. The molecule has 1 aromatic carbocycles. The van der Waals surface area contributed by atoms with Gasteiger partial charge in [-0.15, -0.1) is 0 Å². The molecule has 0 spiro atoms. The number of aryl methyl sites for hydroxylation is 1.